The van der Waals surface area contributed by atoms with E-state index >= 15 is 0 Å². The number of methoxy groups -OCH3 is 1. The average Bonchev–Trinajstić information content (AvgIpc) is 3.30. The predicted octanol–water partition coefficient (Wildman–Crippen LogP) is 2.59. The number of ether oxygens (including phenoxy) is 1. The molecule has 1 aliphatic heterocycles. The third kappa shape index (κ3) is 1.97. The Bertz CT molecular complexity index is 1170. The van der Waals surface area contributed by atoms with Crippen molar-refractivity contribution in [3.05, 3.63) is 48.0 Å². The van der Waals surface area contributed by atoms with Crippen LogP contribution >= 0.6 is 0 Å². The molecule has 0 atom stereocenters. The first-order valence-electron chi connectivity index (χ1n) is 8.45. The lowest BCUT2D eigenvalue weighted by atomic mass is 10.1. The Morgan fingerprint density at radius 3 is 2.81 bits per heavy atom. The molecule has 7 heteroatoms. The number of para-hydroxylation sites is 2. The van der Waals surface area contributed by atoms with E-state index < -0.39 is 0 Å². The van der Waals surface area contributed by atoms with Crippen LogP contribution in [0.4, 0.5) is 5.95 Å². The standard InChI is InChI=1S/C19H17N5O2/c1-22-18(26-2)13-8-7-12(11-15(13)21-22)17(25)24-10-9-23-16-6-4-3-5-14(16)20-19(23)24/h3-8,11H,9-10H2,1-2H3. The largest absolute Gasteiger partial charge is 0.481 e. The number of benzene rings is 2. The van der Waals surface area contributed by atoms with E-state index in [0.717, 1.165) is 28.5 Å². The number of fused-ring (bicyclic) bond motifs is 4. The lowest BCUT2D eigenvalue weighted by Gasteiger charge is -2.13. The van der Waals surface area contributed by atoms with Crippen molar-refractivity contribution in [2.75, 3.05) is 18.6 Å². The summed E-state index contributed by atoms with van der Waals surface area (Å²) in [5, 5.41) is 5.32. The van der Waals surface area contributed by atoms with Crippen molar-refractivity contribution < 1.29 is 9.53 Å². The highest BCUT2D eigenvalue weighted by molar-refractivity contribution is 6.08. The molecule has 5 rings (SSSR count). The van der Waals surface area contributed by atoms with Crippen LogP contribution in [0, 0.1) is 0 Å². The average molecular weight is 347 g/mol. The third-order valence-corrected chi connectivity index (χ3v) is 4.89. The minimum Gasteiger partial charge on any atom is -0.481 e. The van der Waals surface area contributed by atoms with Gasteiger partial charge in [-0.05, 0) is 30.3 Å². The second-order valence-electron chi connectivity index (χ2n) is 6.37. The molecule has 1 amide bonds. The lowest BCUT2D eigenvalue weighted by Crippen LogP contribution is -2.29. The number of aromatic nitrogens is 4. The molecule has 0 unspecified atom stereocenters. The summed E-state index contributed by atoms with van der Waals surface area (Å²) in [4.78, 5) is 19.5. The molecular formula is C19H17N5O2. The third-order valence-electron chi connectivity index (χ3n) is 4.89. The van der Waals surface area contributed by atoms with Gasteiger partial charge >= 0.3 is 0 Å². The summed E-state index contributed by atoms with van der Waals surface area (Å²) in [5.74, 6) is 1.32. The second-order valence-corrected chi connectivity index (χ2v) is 6.37. The normalized spacial score (nSPS) is 13.5. The number of carbonyl (C=O) groups is 1. The van der Waals surface area contributed by atoms with E-state index in [2.05, 4.69) is 14.6 Å². The molecule has 2 aromatic carbocycles. The van der Waals surface area contributed by atoms with Crippen molar-refractivity contribution in [2.45, 2.75) is 6.54 Å². The lowest BCUT2D eigenvalue weighted by molar-refractivity contribution is 0.0989. The van der Waals surface area contributed by atoms with Crippen LogP contribution in [-0.2, 0) is 13.6 Å². The molecule has 0 fully saturated rings. The Balaban J connectivity index is 1.56. The van der Waals surface area contributed by atoms with Crippen molar-refractivity contribution in [3.8, 4) is 5.88 Å². The van der Waals surface area contributed by atoms with E-state index in [1.165, 1.54) is 0 Å². The van der Waals surface area contributed by atoms with E-state index in [0.29, 0.717) is 23.9 Å². The quantitative estimate of drug-likeness (QED) is 0.559. The minimum atomic E-state index is -0.0643. The van der Waals surface area contributed by atoms with Gasteiger partial charge < -0.3 is 9.30 Å². The molecular weight excluding hydrogens is 330 g/mol. The number of nitrogens with zero attached hydrogens (tertiary/aromatic N) is 5. The summed E-state index contributed by atoms with van der Waals surface area (Å²) in [5.41, 5.74) is 3.30. The number of rotatable bonds is 2. The summed E-state index contributed by atoms with van der Waals surface area (Å²) in [6, 6.07) is 13.5. The number of carbonyl (C=O) groups excluding carboxylic acids is 1. The Kier molecular flexibility index (Phi) is 3.06. The van der Waals surface area contributed by atoms with Crippen molar-refractivity contribution in [2.24, 2.45) is 7.05 Å². The predicted molar refractivity (Wildman–Crippen MR) is 98.7 cm³/mol. The Labute approximate surface area is 149 Å². The second kappa shape index (κ2) is 5.32. The molecule has 26 heavy (non-hydrogen) atoms. The highest BCUT2D eigenvalue weighted by Gasteiger charge is 2.29. The van der Waals surface area contributed by atoms with Crippen molar-refractivity contribution in [1.82, 2.24) is 19.3 Å². The van der Waals surface area contributed by atoms with Gasteiger partial charge in [0.15, 0.2) is 0 Å². The molecule has 3 heterocycles. The maximum atomic E-state index is 13.1. The van der Waals surface area contributed by atoms with Gasteiger partial charge in [0.05, 0.1) is 29.0 Å². The molecule has 7 nitrogen and oxygen atoms in total. The van der Waals surface area contributed by atoms with Gasteiger partial charge in [-0.15, -0.1) is 0 Å². The van der Waals surface area contributed by atoms with Gasteiger partial charge in [-0.25, -0.2) is 9.67 Å². The molecule has 0 saturated heterocycles. The summed E-state index contributed by atoms with van der Waals surface area (Å²) in [6.07, 6.45) is 0. The summed E-state index contributed by atoms with van der Waals surface area (Å²) >= 11 is 0. The SMILES string of the molecule is COc1c2ccc(C(=O)N3CCn4c3nc3ccccc34)cc2nn1C. The number of anilines is 1. The van der Waals surface area contributed by atoms with Crippen LogP contribution in [0.25, 0.3) is 21.9 Å². The van der Waals surface area contributed by atoms with Crippen LogP contribution in [-0.4, -0.2) is 38.9 Å². The first-order valence-corrected chi connectivity index (χ1v) is 8.45. The van der Waals surface area contributed by atoms with Crippen molar-refractivity contribution in [3.63, 3.8) is 0 Å². The molecule has 4 aromatic rings. The van der Waals surface area contributed by atoms with E-state index in [1.54, 1.807) is 16.7 Å². The van der Waals surface area contributed by atoms with Crippen LogP contribution in [0.1, 0.15) is 10.4 Å². The maximum Gasteiger partial charge on any atom is 0.260 e. The van der Waals surface area contributed by atoms with Gasteiger partial charge in [0.2, 0.25) is 11.8 Å². The van der Waals surface area contributed by atoms with Crippen molar-refractivity contribution >= 4 is 33.8 Å². The van der Waals surface area contributed by atoms with E-state index in [1.807, 2.05) is 49.5 Å². The smallest absolute Gasteiger partial charge is 0.260 e. The maximum absolute atomic E-state index is 13.1. The fourth-order valence-corrected chi connectivity index (χ4v) is 3.69. The van der Waals surface area contributed by atoms with Crippen LogP contribution in [0.2, 0.25) is 0 Å². The highest BCUT2D eigenvalue weighted by Crippen LogP contribution is 2.30. The van der Waals surface area contributed by atoms with Gasteiger partial charge in [-0.3, -0.25) is 9.69 Å². The van der Waals surface area contributed by atoms with E-state index in [-0.39, 0.29) is 5.91 Å². The highest BCUT2D eigenvalue weighted by atomic mass is 16.5. The Morgan fingerprint density at radius 2 is 1.96 bits per heavy atom. The zero-order valence-electron chi connectivity index (χ0n) is 14.5. The number of imidazole rings is 1. The van der Waals surface area contributed by atoms with Gasteiger partial charge in [-0.2, -0.15) is 5.10 Å². The molecule has 0 spiro atoms. The van der Waals surface area contributed by atoms with Crippen LogP contribution < -0.4 is 9.64 Å². The Morgan fingerprint density at radius 1 is 1.12 bits per heavy atom. The molecule has 0 saturated carbocycles. The van der Waals surface area contributed by atoms with Gasteiger partial charge in [-0.1, -0.05) is 12.1 Å². The monoisotopic (exact) mass is 347 g/mol. The molecule has 0 N–H and O–H groups in total. The molecule has 0 aliphatic carbocycles. The van der Waals surface area contributed by atoms with E-state index in [4.69, 9.17) is 4.74 Å². The first kappa shape index (κ1) is 14.9. The summed E-state index contributed by atoms with van der Waals surface area (Å²) in [6.45, 7) is 1.37. The number of aryl methyl sites for hydroxylation is 1. The van der Waals surface area contributed by atoms with Crippen LogP contribution in [0.3, 0.4) is 0 Å². The fraction of sp³-hybridized carbons (Fsp3) is 0.211. The van der Waals surface area contributed by atoms with Crippen LogP contribution in [0.15, 0.2) is 42.5 Å². The minimum absolute atomic E-state index is 0.0643. The zero-order valence-corrected chi connectivity index (χ0v) is 14.5. The number of amides is 1. The number of hydrogen-bond donors (Lipinski definition) is 0. The molecule has 0 bridgehead atoms. The van der Waals surface area contributed by atoms with Crippen molar-refractivity contribution in [1.29, 1.82) is 0 Å². The molecule has 130 valence electrons. The van der Waals surface area contributed by atoms with E-state index in [9.17, 15) is 4.79 Å². The number of hydrogen-bond acceptors (Lipinski definition) is 4. The topological polar surface area (TPSA) is 65.2 Å². The molecule has 0 radical (unpaired) electrons. The first-order chi connectivity index (χ1) is 12.7. The van der Waals surface area contributed by atoms with Gasteiger partial charge in [0.1, 0.15) is 0 Å². The summed E-state index contributed by atoms with van der Waals surface area (Å²) < 4.78 is 9.14. The zero-order chi connectivity index (χ0) is 17.8. The molecule has 2 aromatic heterocycles. The van der Waals surface area contributed by atoms with Gasteiger partial charge in [0.25, 0.3) is 5.91 Å². The summed E-state index contributed by atoms with van der Waals surface area (Å²) in [7, 11) is 3.44. The fourth-order valence-electron chi connectivity index (χ4n) is 3.69. The van der Waals surface area contributed by atoms with Crippen LogP contribution in [0.5, 0.6) is 5.88 Å². The van der Waals surface area contributed by atoms with Gasteiger partial charge in [0, 0.05) is 25.7 Å². The Hall–Kier alpha value is -3.35. The molecule has 1 aliphatic rings.